The van der Waals surface area contributed by atoms with Crippen molar-refractivity contribution in [1.29, 1.82) is 0 Å². The lowest BCUT2D eigenvalue weighted by molar-refractivity contribution is 0.442. The lowest BCUT2D eigenvalue weighted by atomic mass is 9.65. The van der Waals surface area contributed by atoms with Gasteiger partial charge in [0.1, 0.15) is 11.5 Å². The average molecular weight is 775 g/mol. The molecule has 0 unspecified atom stereocenters. The van der Waals surface area contributed by atoms with Crippen molar-refractivity contribution in [3.8, 4) is 56.0 Å². The summed E-state index contributed by atoms with van der Waals surface area (Å²) in [5, 5.41) is 2.27. The zero-order chi connectivity index (χ0) is 40.1. The van der Waals surface area contributed by atoms with Gasteiger partial charge in [-0.2, -0.15) is 0 Å². The predicted molar refractivity (Wildman–Crippen MR) is 250 cm³/mol. The van der Waals surface area contributed by atoms with Gasteiger partial charge in [0.05, 0.1) is 10.8 Å². The van der Waals surface area contributed by atoms with E-state index in [1.165, 1.54) is 94.4 Å². The molecule has 0 N–H and O–H groups in total. The van der Waals surface area contributed by atoms with E-state index >= 15 is 0 Å². The summed E-state index contributed by atoms with van der Waals surface area (Å²) in [5.74, 6) is 1.83. The molecule has 61 heavy (non-hydrogen) atoms. The fourth-order valence-electron chi connectivity index (χ4n) is 11.5. The molecular weight excluding hydrogens is 737 g/mol. The highest BCUT2D eigenvalue weighted by Gasteiger charge is 2.52. The number of para-hydroxylation sites is 1. The summed E-state index contributed by atoms with van der Waals surface area (Å²) in [6, 6.07) is 85.2. The Morgan fingerprint density at radius 3 is 1.34 bits per heavy atom. The molecule has 1 spiro atoms. The van der Waals surface area contributed by atoms with Crippen LogP contribution in [0.25, 0.3) is 55.3 Å². The Hall–Kier alpha value is -7.74. The second-order valence-corrected chi connectivity index (χ2v) is 16.6. The molecule has 0 saturated carbocycles. The molecule has 1 nitrogen and oxygen atoms in total. The Balaban J connectivity index is 1.09. The smallest absolute Gasteiger partial charge is 0.140 e. The average Bonchev–Trinajstić information content (AvgIpc) is 3.80. The van der Waals surface area contributed by atoms with Gasteiger partial charge >= 0.3 is 0 Å². The van der Waals surface area contributed by atoms with Gasteiger partial charge < -0.3 is 4.74 Å². The van der Waals surface area contributed by atoms with Crippen LogP contribution < -0.4 is 4.74 Å². The summed E-state index contributed by atoms with van der Waals surface area (Å²) in [5.41, 5.74) is 18.9. The first kappa shape index (κ1) is 34.2. The molecule has 2 aliphatic carbocycles. The second kappa shape index (κ2) is 12.9. The maximum atomic E-state index is 7.10. The molecule has 0 bridgehead atoms. The van der Waals surface area contributed by atoms with Crippen LogP contribution in [-0.2, 0) is 10.8 Å². The molecular formula is C60H38O. The van der Waals surface area contributed by atoms with Crippen LogP contribution in [0.2, 0.25) is 0 Å². The van der Waals surface area contributed by atoms with E-state index in [4.69, 9.17) is 4.74 Å². The van der Waals surface area contributed by atoms with E-state index in [1.807, 2.05) is 0 Å². The minimum atomic E-state index is -0.574. The van der Waals surface area contributed by atoms with Crippen molar-refractivity contribution in [2.24, 2.45) is 0 Å². The normalized spacial score (nSPS) is 14.3. The largest absolute Gasteiger partial charge is 0.456 e. The van der Waals surface area contributed by atoms with E-state index in [-0.39, 0.29) is 0 Å². The monoisotopic (exact) mass is 774 g/mol. The first-order chi connectivity index (χ1) is 30.3. The van der Waals surface area contributed by atoms with Crippen LogP contribution in [0.1, 0.15) is 44.5 Å². The molecule has 284 valence electrons. The summed E-state index contributed by atoms with van der Waals surface area (Å²) < 4.78 is 7.10. The lowest BCUT2D eigenvalue weighted by Gasteiger charge is -2.40. The number of hydrogen-bond donors (Lipinski definition) is 0. The van der Waals surface area contributed by atoms with Gasteiger partial charge in [-0.25, -0.2) is 0 Å². The molecule has 13 rings (SSSR count). The summed E-state index contributed by atoms with van der Waals surface area (Å²) in [4.78, 5) is 0. The molecule has 3 aliphatic rings. The molecule has 0 atom stereocenters. The Morgan fingerprint density at radius 1 is 0.262 bits per heavy atom. The summed E-state index contributed by atoms with van der Waals surface area (Å²) >= 11 is 0. The first-order valence-corrected chi connectivity index (χ1v) is 21.3. The number of fused-ring (bicyclic) bond motifs is 14. The van der Waals surface area contributed by atoms with Crippen LogP contribution in [0, 0.1) is 0 Å². The minimum absolute atomic E-state index is 0.488. The van der Waals surface area contributed by atoms with Gasteiger partial charge in [-0.15, -0.1) is 0 Å². The van der Waals surface area contributed by atoms with E-state index in [9.17, 15) is 0 Å². The Bertz CT molecular complexity index is 3310. The van der Waals surface area contributed by atoms with Crippen molar-refractivity contribution in [2.75, 3.05) is 0 Å². The SMILES string of the molecule is c1ccc(C2(c3ccccc3)c3ccccc3-c3ccc(-c4ccccc4-c4cc5c(c6ccccc46)Oc4ccccc4C54c5ccccc5-c5ccccc54)cc32)cc1. The standard InChI is InChI=1S/C60H38O/c1-3-19-40(20-4-1)59(41-21-5-2-6-22-41)51-30-14-11-28-47(51)48-36-35-39(37-55(48)59)42-23-7-8-24-43(42)50-38-56-58(49-29-10-9-25-44(49)50)61-57-34-18-17-33-54(57)60(56)52-31-15-12-26-45(52)46-27-13-16-32-53(46)60/h1-38H. The van der Waals surface area contributed by atoms with E-state index in [0.717, 1.165) is 16.9 Å². The highest BCUT2D eigenvalue weighted by molar-refractivity contribution is 6.06. The summed E-state index contributed by atoms with van der Waals surface area (Å²) in [6.07, 6.45) is 0. The number of benzene rings is 10. The van der Waals surface area contributed by atoms with Crippen LogP contribution in [0.15, 0.2) is 231 Å². The zero-order valence-electron chi connectivity index (χ0n) is 33.3. The Kier molecular flexibility index (Phi) is 7.21. The van der Waals surface area contributed by atoms with Gasteiger partial charge in [0, 0.05) is 16.5 Å². The third-order valence-electron chi connectivity index (χ3n) is 13.8. The minimum Gasteiger partial charge on any atom is -0.456 e. The van der Waals surface area contributed by atoms with E-state index in [2.05, 4.69) is 231 Å². The zero-order valence-corrected chi connectivity index (χ0v) is 33.3. The second-order valence-electron chi connectivity index (χ2n) is 16.6. The van der Waals surface area contributed by atoms with Gasteiger partial charge in [-0.1, -0.05) is 212 Å². The fourth-order valence-corrected chi connectivity index (χ4v) is 11.5. The molecule has 0 radical (unpaired) electrons. The van der Waals surface area contributed by atoms with Crippen molar-refractivity contribution >= 4 is 10.8 Å². The van der Waals surface area contributed by atoms with Gasteiger partial charge in [0.15, 0.2) is 0 Å². The molecule has 1 aliphatic heterocycles. The third kappa shape index (κ3) is 4.50. The van der Waals surface area contributed by atoms with E-state index in [1.54, 1.807) is 0 Å². The molecule has 1 heteroatoms. The molecule has 10 aromatic rings. The van der Waals surface area contributed by atoms with Crippen molar-refractivity contribution in [3.63, 3.8) is 0 Å². The number of hydrogen-bond acceptors (Lipinski definition) is 1. The lowest BCUT2D eigenvalue weighted by Crippen LogP contribution is -2.32. The quantitative estimate of drug-likeness (QED) is 0.173. The molecule has 0 saturated heterocycles. The van der Waals surface area contributed by atoms with Crippen molar-refractivity contribution in [2.45, 2.75) is 10.8 Å². The van der Waals surface area contributed by atoms with Gasteiger partial charge in [0.25, 0.3) is 0 Å². The Labute approximate surface area is 355 Å². The fraction of sp³-hybridized carbons (Fsp3) is 0.0333. The van der Waals surface area contributed by atoms with Crippen LogP contribution in [0.5, 0.6) is 11.5 Å². The number of ether oxygens (including phenoxy) is 1. The van der Waals surface area contributed by atoms with Crippen LogP contribution >= 0.6 is 0 Å². The molecule has 0 aromatic heterocycles. The van der Waals surface area contributed by atoms with Crippen molar-refractivity contribution < 1.29 is 4.74 Å². The molecule has 0 fully saturated rings. The summed E-state index contributed by atoms with van der Waals surface area (Å²) in [7, 11) is 0. The highest BCUT2D eigenvalue weighted by atomic mass is 16.5. The molecule has 0 amide bonds. The van der Waals surface area contributed by atoms with Gasteiger partial charge in [-0.3, -0.25) is 0 Å². The van der Waals surface area contributed by atoms with Crippen LogP contribution in [0.4, 0.5) is 0 Å². The Morgan fingerprint density at radius 2 is 0.721 bits per heavy atom. The number of rotatable bonds is 4. The van der Waals surface area contributed by atoms with Crippen molar-refractivity contribution in [1.82, 2.24) is 0 Å². The highest BCUT2D eigenvalue weighted by Crippen LogP contribution is 2.64. The maximum absolute atomic E-state index is 7.10. The van der Waals surface area contributed by atoms with E-state index in [0.29, 0.717) is 0 Å². The van der Waals surface area contributed by atoms with Crippen LogP contribution in [0.3, 0.4) is 0 Å². The maximum Gasteiger partial charge on any atom is 0.140 e. The summed E-state index contributed by atoms with van der Waals surface area (Å²) in [6.45, 7) is 0. The van der Waals surface area contributed by atoms with Crippen LogP contribution in [-0.4, -0.2) is 0 Å². The topological polar surface area (TPSA) is 9.23 Å². The third-order valence-corrected chi connectivity index (χ3v) is 13.8. The molecule has 1 heterocycles. The van der Waals surface area contributed by atoms with Crippen molar-refractivity contribution in [3.05, 3.63) is 275 Å². The van der Waals surface area contributed by atoms with E-state index < -0.39 is 10.8 Å². The first-order valence-electron chi connectivity index (χ1n) is 21.3. The van der Waals surface area contributed by atoms with Gasteiger partial charge in [-0.05, 0) is 101 Å². The predicted octanol–water partition coefficient (Wildman–Crippen LogP) is 15.0. The molecule has 10 aromatic carbocycles. The van der Waals surface area contributed by atoms with Gasteiger partial charge in [0.2, 0.25) is 0 Å².